The maximum atomic E-state index is 9.05. The van der Waals surface area contributed by atoms with E-state index in [9.17, 15) is 0 Å². The average Bonchev–Trinajstić information content (AvgIpc) is 3.18. The van der Waals surface area contributed by atoms with E-state index in [2.05, 4.69) is 61.5 Å². The van der Waals surface area contributed by atoms with Crippen molar-refractivity contribution in [2.45, 2.75) is 32.6 Å². The van der Waals surface area contributed by atoms with Crippen LogP contribution < -0.4 is 0 Å². The van der Waals surface area contributed by atoms with Gasteiger partial charge >= 0.3 is 0 Å². The molecule has 0 aliphatic rings. The largest absolute Gasteiger partial charge is 0.456 e. The summed E-state index contributed by atoms with van der Waals surface area (Å²) in [6.07, 6.45) is 4.97. The molecule has 0 fully saturated rings. The summed E-state index contributed by atoms with van der Waals surface area (Å²) in [6, 6.07) is 27.0. The predicted molar refractivity (Wildman–Crippen MR) is 115 cm³/mol. The monoisotopic (exact) mass is 365 g/mol. The van der Waals surface area contributed by atoms with Crippen LogP contribution in [-0.2, 0) is 6.42 Å². The molecule has 0 radical (unpaired) electrons. The Labute approximate surface area is 166 Å². The van der Waals surface area contributed by atoms with Crippen LogP contribution in [0.4, 0.5) is 0 Å². The third-order valence-corrected chi connectivity index (χ3v) is 5.17. The fourth-order valence-electron chi connectivity index (χ4n) is 3.53. The smallest absolute Gasteiger partial charge is 0.135 e. The average molecular weight is 365 g/mol. The van der Waals surface area contributed by atoms with Crippen LogP contribution in [0, 0.1) is 11.3 Å². The van der Waals surface area contributed by atoms with E-state index in [0.717, 1.165) is 28.7 Å². The van der Waals surface area contributed by atoms with Crippen LogP contribution in [0.1, 0.15) is 37.3 Å². The van der Waals surface area contributed by atoms with Crippen LogP contribution in [0.2, 0.25) is 0 Å². The molecule has 2 nitrogen and oxygen atoms in total. The van der Waals surface area contributed by atoms with Gasteiger partial charge < -0.3 is 4.42 Å². The van der Waals surface area contributed by atoms with E-state index in [1.165, 1.54) is 36.0 Å². The number of rotatable bonds is 6. The van der Waals surface area contributed by atoms with Gasteiger partial charge in [0.2, 0.25) is 0 Å². The van der Waals surface area contributed by atoms with Gasteiger partial charge in [0, 0.05) is 10.9 Å². The maximum Gasteiger partial charge on any atom is 0.135 e. The maximum absolute atomic E-state index is 9.05. The summed E-state index contributed by atoms with van der Waals surface area (Å²) >= 11 is 0. The third kappa shape index (κ3) is 3.85. The van der Waals surface area contributed by atoms with E-state index >= 15 is 0 Å². The van der Waals surface area contributed by atoms with Crippen molar-refractivity contribution in [1.29, 1.82) is 5.26 Å². The minimum Gasteiger partial charge on any atom is -0.456 e. The number of hydrogen-bond acceptors (Lipinski definition) is 2. The van der Waals surface area contributed by atoms with Crippen molar-refractivity contribution in [2.75, 3.05) is 0 Å². The number of hydrogen-bond donors (Lipinski definition) is 0. The molecule has 0 saturated carbocycles. The Balaban J connectivity index is 1.53. The highest BCUT2D eigenvalue weighted by Crippen LogP contribution is 2.30. The van der Waals surface area contributed by atoms with Crippen LogP contribution in [0.25, 0.3) is 33.4 Å². The van der Waals surface area contributed by atoms with Crippen LogP contribution in [0.3, 0.4) is 0 Å². The first kappa shape index (κ1) is 18.1. The summed E-state index contributed by atoms with van der Waals surface area (Å²) in [5.74, 6) is 0.822. The standard InChI is InChI=1S/C26H23NO/c1-2-3-4-5-19-6-9-21(10-7-19)22-11-13-23(14-12-22)26-17-24-16-20(18-27)8-15-25(24)28-26/h6-17H,2-5H2,1H3. The Kier molecular flexibility index (Phi) is 5.26. The first-order valence-corrected chi connectivity index (χ1v) is 9.90. The number of unbranched alkanes of at least 4 members (excludes halogenated alkanes) is 2. The molecule has 2 heteroatoms. The molecule has 0 atom stereocenters. The zero-order valence-corrected chi connectivity index (χ0v) is 16.1. The molecule has 0 unspecified atom stereocenters. The summed E-state index contributed by atoms with van der Waals surface area (Å²) in [6.45, 7) is 2.24. The predicted octanol–water partition coefficient (Wildman–Crippen LogP) is 7.37. The second-order valence-corrected chi connectivity index (χ2v) is 7.21. The third-order valence-electron chi connectivity index (χ3n) is 5.17. The lowest BCUT2D eigenvalue weighted by molar-refractivity contribution is 0.631. The van der Waals surface area contributed by atoms with Gasteiger partial charge in [-0.05, 0) is 53.8 Å². The molecule has 0 spiro atoms. The van der Waals surface area contributed by atoms with Crippen molar-refractivity contribution in [3.63, 3.8) is 0 Å². The molecule has 28 heavy (non-hydrogen) atoms. The van der Waals surface area contributed by atoms with E-state index in [1.807, 2.05) is 18.2 Å². The number of nitriles is 1. The Bertz CT molecular complexity index is 1110. The number of benzene rings is 3. The Morgan fingerprint density at radius 2 is 1.46 bits per heavy atom. The first-order chi connectivity index (χ1) is 13.8. The summed E-state index contributed by atoms with van der Waals surface area (Å²) in [5, 5.41) is 10.0. The van der Waals surface area contributed by atoms with Crippen LogP contribution in [-0.4, -0.2) is 0 Å². The van der Waals surface area contributed by atoms with Gasteiger partial charge in [-0.25, -0.2) is 0 Å². The molecule has 4 aromatic rings. The Hall–Kier alpha value is -3.31. The molecular formula is C26H23NO. The lowest BCUT2D eigenvalue weighted by atomic mass is 10.00. The van der Waals surface area contributed by atoms with Crippen molar-refractivity contribution in [3.05, 3.63) is 83.9 Å². The molecule has 0 aliphatic heterocycles. The van der Waals surface area contributed by atoms with Crippen LogP contribution in [0.15, 0.2) is 77.2 Å². The van der Waals surface area contributed by atoms with E-state index in [0.29, 0.717) is 5.56 Å². The van der Waals surface area contributed by atoms with Crippen LogP contribution in [0.5, 0.6) is 0 Å². The van der Waals surface area contributed by atoms with Crippen molar-refractivity contribution >= 4 is 11.0 Å². The van der Waals surface area contributed by atoms with Gasteiger partial charge in [0.25, 0.3) is 0 Å². The fourth-order valence-corrected chi connectivity index (χ4v) is 3.53. The van der Waals surface area contributed by atoms with Gasteiger partial charge in [0.1, 0.15) is 11.3 Å². The minimum absolute atomic E-state index is 0.647. The minimum atomic E-state index is 0.647. The number of fused-ring (bicyclic) bond motifs is 1. The van der Waals surface area contributed by atoms with Gasteiger partial charge in [-0.3, -0.25) is 0 Å². The molecule has 1 heterocycles. The van der Waals surface area contributed by atoms with Gasteiger partial charge in [0.05, 0.1) is 11.6 Å². The van der Waals surface area contributed by atoms with Crippen molar-refractivity contribution in [3.8, 4) is 28.5 Å². The van der Waals surface area contributed by atoms with E-state index in [1.54, 1.807) is 6.07 Å². The van der Waals surface area contributed by atoms with Gasteiger partial charge in [0.15, 0.2) is 0 Å². The second kappa shape index (κ2) is 8.15. The topological polar surface area (TPSA) is 36.9 Å². The number of furan rings is 1. The molecule has 3 aromatic carbocycles. The summed E-state index contributed by atoms with van der Waals surface area (Å²) in [4.78, 5) is 0. The van der Waals surface area contributed by atoms with E-state index < -0.39 is 0 Å². The zero-order chi connectivity index (χ0) is 19.3. The summed E-state index contributed by atoms with van der Waals surface area (Å²) in [7, 11) is 0. The first-order valence-electron chi connectivity index (χ1n) is 9.90. The lowest BCUT2D eigenvalue weighted by Gasteiger charge is -2.05. The Morgan fingerprint density at radius 3 is 2.14 bits per heavy atom. The molecular weight excluding hydrogens is 342 g/mol. The van der Waals surface area contributed by atoms with E-state index in [4.69, 9.17) is 9.68 Å². The molecule has 0 amide bonds. The van der Waals surface area contributed by atoms with Crippen LogP contribution >= 0.6 is 0 Å². The van der Waals surface area contributed by atoms with Gasteiger partial charge in [-0.2, -0.15) is 5.26 Å². The molecule has 0 aliphatic carbocycles. The number of aryl methyl sites for hydroxylation is 1. The molecule has 0 N–H and O–H groups in total. The van der Waals surface area contributed by atoms with Crippen molar-refractivity contribution in [2.24, 2.45) is 0 Å². The number of nitrogens with zero attached hydrogens (tertiary/aromatic N) is 1. The summed E-state index contributed by atoms with van der Waals surface area (Å²) in [5.41, 5.74) is 6.33. The quantitative estimate of drug-likeness (QED) is 0.334. The second-order valence-electron chi connectivity index (χ2n) is 7.21. The highest BCUT2D eigenvalue weighted by atomic mass is 16.3. The summed E-state index contributed by atoms with van der Waals surface area (Å²) < 4.78 is 5.95. The van der Waals surface area contributed by atoms with Crippen molar-refractivity contribution < 1.29 is 4.42 Å². The highest BCUT2D eigenvalue weighted by Gasteiger charge is 2.08. The molecule has 0 saturated heterocycles. The SMILES string of the molecule is CCCCCc1ccc(-c2ccc(-c3cc4cc(C#N)ccc4o3)cc2)cc1. The van der Waals surface area contributed by atoms with E-state index in [-0.39, 0.29) is 0 Å². The Morgan fingerprint density at radius 1 is 0.786 bits per heavy atom. The lowest BCUT2D eigenvalue weighted by Crippen LogP contribution is -1.86. The molecule has 138 valence electrons. The highest BCUT2D eigenvalue weighted by molar-refractivity contribution is 5.84. The van der Waals surface area contributed by atoms with Gasteiger partial charge in [-0.15, -0.1) is 0 Å². The molecule has 4 rings (SSSR count). The van der Waals surface area contributed by atoms with Crippen molar-refractivity contribution in [1.82, 2.24) is 0 Å². The fraction of sp³-hybridized carbons (Fsp3) is 0.192. The van der Waals surface area contributed by atoms with Gasteiger partial charge in [-0.1, -0.05) is 68.3 Å². The zero-order valence-electron chi connectivity index (χ0n) is 16.1. The normalized spacial score (nSPS) is 10.9. The molecule has 1 aromatic heterocycles. The molecule has 0 bridgehead atoms.